The van der Waals surface area contributed by atoms with Gasteiger partial charge in [-0.2, -0.15) is 4.99 Å². The van der Waals surface area contributed by atoms with E-state index in [1.165, 1.54) is 11.8 Å². The zero-order valence-electron chi connectivity index (χ0n) is 15.3. The van der Waals surface area contributed by atoms with Gasteiger partial charge in [-0.25, -0.2) is 8.42 Å². The molecule has 0 N–H and O–H groups in total. The predicted molar refractivity (Wildman–Crippen MR) is 112 cm³/mol. The van der Waals surface area contributed by atoms with Crippen LogP contribution >= 0.6 is 11.8 Å². The summed E-state index contributed by atoms with van der Waals surface area (Å²) in [4.78, 5) is 18.8. The lowest BCUT2D eigenvalue weighted by molar-refractivity contribution is -0.117. The fourth-order valence-corrected chi connectivity index (χ4v) is 7.52. The molecule has 0 spiro atoms. The third-order valence-corrected chi connectivity index (χ3v) is 8.04. The number of anilines is 1. The van der Waals surface area contributed by atoms with Crippen LogP contribution in [0, 0.1) is 0 Å². The number of fused-ring (bicyclic) bond motifs is 1. The van der Waals surface area contributed by atoms with Gasteiger partial charge >= 0.3 is 0 Å². The molecular weight excluding hydrogens is 396 g/mol. The van der Waals surface area contributed by atoms with Crippen LogP contribution in [0.25, 0.3) is 0 Å². The topological polar surface area (TPSA) is 76.0 Å². The summed E-state index contributed by atoms with van der Waals surface area (Å²) >= 11 is 1.36. The third-order valence-electron chi connectivity index (χ3n) is 4.83. The molecule has 2 atom stereocenters. The molecular formula is C20H20N2O4S2. The molecule has 0 aliphatic carbocycles. The fraction of sp³-hybridized carbons (Fsp3) is 0.300. The molecule has 0 bridgehead atoms. The molecule has 28 heavy (non-hydrogen) atoms. The van der Waals surface area contributed by atoms with Crippen LogP contribution in [0.2, 0.25) is 0 Å². The lowest BCUT2D eigenvalue weighted by Gasteiger charge is -2.26. The summed E-state index contributed by atoms with van der Waals surface area (Å²) in [6, 6.07) is 16.6. The molecule has 2 unspecified atom stereocenters. The smallest absolute Gasteiger partial charge is 0.252 e. The van der Waals surface area contributed by atoms with E-state index in [-0.39, 0.29) is 35.1 Å². The number of amides is 1. The van der Waals surface area contributed by atoms with E-state index >= 15 is 0 Å². The Kier molecular flexibility index (Phi) is 5.16. The average Bonchev–Trinajstić information content (AvgIpc) is 3.13. The van der Waals surface area contributed by atoms with Crippen molar-refractivity contribution in [3.8, 4) is 5.75 Å². The largest absolute Gasteiger partial charge is 0.495 e. The van der Waals surface area contributed by atoms with Crippen molar-refractivity contribution in [1.82, 2.24) is 0 Å². The average molecular weight is 417 g/mol. The van der Waals surface area contributed by atoms with Gasteiger partial charge in [-0.3, -0.25) is 4.79 Å². The van der Waals surface area contributed by atoms with Crippen molar-refractivity contribution in [2.24, 2.45) is 4.99 Å². The number of nitrogens with zero attached hydrogens (tertiary/aromatic N) is 2. The van der Waals surface area contributed by atoms with Crippen LogP contribution in [0.15, 0.2) is 59.6 Å². The van der Waals surface area contributed by atoms with E-state index in [4.69, 9.17) is 4.74 Å². The molecule has 2 aromatic carbocycles. The van der Waals surface area contributed by atoms with Gasteiger partial charge in [0.05, 0.1) is 36.8 Å². The Hall–Kier alpha value is -2.32. The normalized spacial score (nSPS) is 24.3. The molecule has 146 valence electrons. The Morgan fingerprint density at radius 3 is 2.61 bits per heavy atom. The maximum absolute atomic E-state index is 12.6. The quantitative estimate of drug-likeness (QED) is 0.762. The SMILES string of the molecule is COc1ccccc1N1C(=NC(=O)Cc2ccccc2)SC2CS(=O)(=O)CC21. The zero-order valence-corrected chi connectivity index (χ0v) is 16.9. The Morgan fingerprint density at radius 1 is 1.14 bits per heavy atom. The number of aliphatic imine (C=N–C) groups is 1. The van der Waals surface area contributed by atoms with Crippen molar-refractivity contribution in [1.29, 1.82) is 0 Å². The number of hydrogen-bond donors (Lipinski definition) is 0. The summed E-state index contributed by atoms with van der Waals surface area (Å²) in [6.45, 7) is 0. The highest BCUT2D eigenvalue weighted by atomic mass is 32.2. The molecule has 4 rings (SSSR count). The maximum atomic E-state index is 12.6. The first kappa shape index (κ1) is 19.0. The van der Waals surface area contributed by atoms with Gasteiger partial charge in [0, 0.05) is 5.25 Å². The molecule has 0 aromatic heterocycles. The highest BCUT2D eigenvalue weighted by Gasteiger charge is 2.50. The van der Waals surface area contributed by atoms with Crippen molar-refractivity contribution >= 4 is 38.4 Å². The van der Waals surface area contributed by atoms with E-state index in [1.54, 1.807) is 7.11 Å². The number of para-hydroxylation sites is 2. The number of rotatable bonds is 4. The van der Waals surface area contributed by atoms with Gasteiger partial charge < -0.3 is 9.64 Å². The minimum atomic E-state index is -3.11. The fourth-order valence-electron chi connectivity index (χ4n) is 3.59. The minimum absolute atomic E-state index is 0.0502. The number of hydrogen-bond acceptors (Lipinski definition) is 5. The molecule has 2 aliphatic rings. The highest BCUT2D eigenvalue weighted by molar-refractivity contribution is 8.16. The minimum Gasteiger partial charge on any atom is -0.495 e. The number of sulfone groups is 1. The van der Waals surface area contributed by atoms with E-state index in [0.717, 1.165) is 11.3 Å². The van der Waals surface area contributed by atoms with Crippen LogP contribution in [0.3, 0.4) is 0 Å². The van der Waals surface area contributed by atoms with Crippen molar-refractivity contribution in [3.63, 3.8) is 0 Å². The molecule has 8 heteroatoms. The number of carbonyl (C=O) groups excluding carboxylic acids is 1. The third kappa shape index (κ3) is 3.79. The van der Waals surface area contributed by atoms with Crippen LogP contribution in [-0.2, 0) is 21.1 Å². The number of carbonyl (C=O) groups is 1. The van der Waals surface area contributed by atoms with E-state index in [2.05, 4.69) is 4.99 Å². The molecule has 1 amide bonds. The van der Waals surface area contributed by atoms with E-state index in [1.807, 2.05) is 59.5 Å². The van der Waals surface area contributed by atoms with E-state index in [9.17, 15) is 13.2 Å². The Bertz CT molecular complexity index is 1020. The molecule has 6 nitrogen and oxygen atoms in total. The van der Waals surface area contributed by atoms with Gasteiger partial charge in [-0.15, -0.1) is 0 Å². The highest BCUT2D eigenvalue weighted by Crippen LogP contribution is 2.43. The summed E-state index contributed by atoms with van der Waals surface area (Å²) in [5.41, 5.74) is 1.62. The lowest BCUT2D eigenvalue weighted by Crippen LogP contribution is -2.38. The van der Waals surface area contributed by atoms with Gasteiger partial charge in [0.15, 0.2) is 15.0 Å². The van der Waals surface area contributed by atoms with Gasteiger partial charge in [0.2, 0.25) is 0 Å². The van der Waals surface area contributed by atoms with Crippen molar-refractivity contribution in [2.75, 3.05) is 23.5 Å². The van der Waals surface area contributed by atoms with Crippen LogP contribution in [-0.4, -0.2) is 49.4 Å². The second-order valence-electron chi connectivity index (χ2n) is 6.79. The summed E-state index contributed by atoms with van der Waals surface area (Å²) in [5, 5.41) is 0.397. The van der Waals surface area contributed by atoms with Gasteiger partial charge in [-0.05, 0) is 17.7 Å². The van der Waals surface area contributed by atoms with Crippen LogP contribution in [0.4, 0.5) is 5.69 Å². The predicted octanol–water partition coefficient (Wildman–Crippen LogP) is 2.54. The number of thioether (sulfide) groups is 1. The van der Waals surface area contributed by atoms with Gasteiger partial charge in [-0.1, -0.05) is 54.2 Å². The Labute approximate surface area is 168 Å². The molecule has 0 radical (unpaired) electrons. The second-order valence-corrected chi connectivity index (χ2v) is 10.2. The van der Waals surface area contributed by atoms with Crippen molar-refractivity contribution in [2.45, 2.75) is 17.7 Å². The van der Waals surface area contributed by atoms with E-state index < -0.39 is 9.84 Å². The molecule has 2 heterocycles. The summed E-state index contributed by atoms with van der Waals surface area (Å²) in [7, 11) is -1.54. The molecule has 2 aliphatic heterocycles. The molecule has 2 saturated heterocycles. The number of ether oxygens (including phenoxy) is 1. The monoisotopic (exact) mass is 416 g/mol. The summed E-state index contributed by atoms with van der Waals surface area (Å²) in [6.07, 6.45) is 0.207. The first-order valence-electron chi connectivity index (χ1n) is 8.91. The van der Waals surface area contributed by atoms with Crippen LogP contribution < -0.4 is 9.64 Å². The number of benzene rings is 2. The maximum Gasteiger partial charge on any atom is 0.252 e. The van der Waals surface area contributed by atoms with Gasteiger partial charge in [0.1, 0.15) is 5.75 Å². The van der Waals surface area contributed by atoms with E-state index in [0.29, 0.717) is 10.9 Å². The Balaban J connectivity index is 1.68. The van der Waals surface area contributed by atoms with Crippen molar-refractivity contribution in [3.05, 3.63) is 60.2 Å². The van der Waals surface area contributed by atoms with Gasteiger partial charge in [0.25, 0.3) is 5.91 Å². The number of amidine groups is 1. The van der Waals surface area contributed by atoms with Crippen LogP contribution in [0.5, 0.6) is 5.75 Å². The number of methoxy groups -OCH3 is 1. The summed E-state index contributed by atoms with van der Waals surface area (Å²) < 4.78 is 29.8. The second kappa shape index (κ2) is 7.60. The molecule has 0 saturated carbocycles. The van der Waals surface area contributed by atoms with Crippen LogP contribution in [0.1, 0.15) is 5.56 Å². The standard InChI is InChI=1S/C20H20N2O4S2/c1-26-17-10-6-5-9-15(17)22-16-12-28(24,25)13-18(16)27-20(22)21-19(23)11-14-7-3-2-4-8-14/h2-10,16,18H,11-13H2,1H3. The summed E-state index contributed by atoms with van der Waals surface area (Å²) in [5.74, 6) is 0.516. The Morgan fingerprint density at radius 2 is 1.86 bits per heavy atom. The molecule has 2 aromatic rings. The molecule has 2 fully saturated rings. The first-order chi connectivity index (χ1) is 13.5. The zero-order chi connectivity index (χ0) is 19.7. The lowest BCUT2D eigenvalue weighted by atomic mass is 10.1. The van der Waals surface area contributed by atoms with Crippen molar-refractivity contribution < 1.29 is 17.9 Å². The first-order valence-corrected chi connectivity index (χ1v) is 11.6.